The lowest BCUT2D eigenvalue weighted by Crippen LogP contribution is -2.29. The average Bonchev–Trinajstić information content (AvgIpc) is 2.96. The Balaban J connectivity index is 1.80. The van der Waals surface area contributed by atoms with E-state index in [0.717, 1.165) is 22.7 Å². The first-order chi connectivity index (χ1) is 10.2. The van der Waals surface area contributed by atoms with Crippen molar-refractivity contribution in [3.05, 3.63) is 76.6 Å². The van der Waals surface area contributed by atoms with Gasteiger partial charge in [-0.1, -0.05) is 35.9 Å². The Bertz CT molecular complexity index is 725. The maximum atomic E-state index is 13.6. The molecule has 1 N–H and O–H groups in total. The Labute approximate surface area is 128 Å². The van der Waals surface area contributed by atoms with Crippen molar-refractivity contribution in [2.24, 2.45) is 5.92 Å². The standard InChI is InChI=1S/C18H15ClFN/c19-12-7-8-17-16(10-12)14-5-2-6-15(14)18(21-17)11-3-1-4-13(20)9-11/h1-5,7-10,14-15,18,21H,6H2/t14-,15+,18+/m1/s1. The van der Waals surface area contributed by atoms with Gasteiger partial charge in [-0.2, -0.15) is 0 Å². The summed E-state index contributed by atoms with van der Waals surface area (Å²) in [6.45, 7) is 0. The lowest BCUT2D eigenvalue weighted by Gasteiger charge is -2.37. The summed E-state index contributed by atoms with van der Waals surface area (Å²) in [5, 5.41) is 4.34. The fourth-order valence-corrected chi connectivity index (χ4v) is 3.78. The maximum Gasteiger partial charge on any atom is 0.123 e. The number of fused-ring (bicyclic) bond motifs is 3. The van der Waals surface area contributed by atoms with Gasteiger partial charge in [0.25, 0.3) is 0 Å². The highest BCUT2D eigenvalue weighted by Gasteiger charge is 2.37. The van der Waals surface area contributed by atoms with Crippen LogP contribution in [0.3, 0.4) is 0 Å². The van der Waals surface area contributed by atoms with Crippen LogP contribution in [0.25, 0.3) is 0 Å². The molecule has 1 nitrogen and oxygen atoms in total. The molecule has 4 rings (SSSR count). The molecule has 1 aliphatic carbocycles. The lowest BCUT2D eigenvalue weighted by atomic mass is 9.77. The molecule has 106 valence electrons. The van der Waals surface area contributed by atoms with Gasteiger partial charge in [0.15, 0.2) is 0 Å². The zero-order valence-electron chi connectivity index (χ0n) is 11.4. The molecule has 2 aromatic rings. The van der Waals surface area contributed by atoms with Crippen LogP contribution in [0.2, 0.25) is 5.02 Å². The first kappa shape index (κ1) is 12.9. The van der Waals surface area contributed by atoms with Crippen molar-refractivity contribution in [1.82, 2.24) is 0 Å². The second-order valence-electron chi connectivity index (χ2n) is 5.76. The maximum absolute atomic E-state index is 13.6. The Morgan fingerprint density at radius 2 is 2.05 bits per heavy atom. The summed E-state index contributed by atoms with van der Waals surface area (Å²) in [5.41, 5.74) is 3.35. The van der Waals surface area contributed by atoms with Crippen LogP contribution in [0, 0.1) is 11.7 Å². The highest BCUT2D eigenvalue weighted by Crippen LogP contribution is 2.50. The molecule has 0 unspecified atom stereocenters. The molecule has 0 spiro atoms. The van der Waals surface area contributed by atoms with Crippen LogP contribution in [-0.2, 0) is 0 Å². The summed E-state index contributed by atoms with van der Waals surface area (Å²) in [6, 6.07) is 13.0. The molecule has 1 aliphatic heterocycles. The van der Waals surface area contributed by atoms with Crippen molar-refractivity contribution in [1.29, 1.82) is 0 Å². The smallest absolute Gasteiger partial charge is 0.123 e. The predicted octanol–water partition coefficient (Wildman–Crippen LogP) is 5.31. The number of anilines is 1. The number of hydrogen-bond donors (Lipinski definition) is 1. The van der Waals surface area contributed by atoms with Gasteiger partial charge in [0.2, 0.25) is 0 Å². The molecule has 0 fully saturated rings. The second-order valence-corrected chi connectivity index (χ2v) is 6.20. The first-order valence-electron chi connectivity index (χ1n) is 7.20. The molecule has 0 saturated carbocycles. The first-order valence-corrected chi connectivity index (χ1v) is 7.58. The summed E-state index contributed by atoms with van der Waals surface area (Å²) in [5.74, 6) is 0.588. The quantitative estimate of drug-likeness (QED) is 0.704. The molecule has 3 heteroatoms. The third-order valence-electron chi connectivity index (χ3n) is 4.53. The molecule has 0 radical (unpaired) electrons. The van der Waals surface area contributed by atoms with Crippen molar-refractivity contribution in [2.45, 2.75) is 18.4 Å². The van der Waals surface area contributed by atoms with Crippen LogP contribution in [0.4, 0.5) is 10.1 Å². The van der Waals surface area contributed by atoms with Crippen LogP contribution in [0.5, 0.6) is 0 Å². The predicted molar refractivity (Wildman–Crippen MR) is 84.2 cm³/mol. The van der Waals surface area contributed by atoms with Crippen LogP contribution >= 0.6 is 11.6 Å². The zero-order valence-corrected chi connectivity index (χ0v) is 12.1. The monoisotopic (exact) mass is 299 g/mol. The summed E-state index contributed by atoms with van der Waals surface area (Å²) < 4.78 is 13.6. The van der Waals surface area contributed by atoms with E-state index in [0.29, 0.717) is 11.8 Å². The Kier molecular flexibility index (Phi) is 3.00. The lowest BCUT2D eigenvalue weighted by molar-refractivity contribution is 0.424. The van der Waals surface area contributed by atoms with E-state index < -0.39 is 0 Å². The van der Waals surface area contributed by atoms with Gasteiger partial charge >= 0.3 is 0 Å². The Morgan fingerprint density at radius 1 is 1.14 bits per heavy atom. The molecule has 2 aromatic carbocycles. The van der Waals surface area contributed by atoms with Crippen LogP contribution in [0.1, 0.15) is 29.5 Å². The molecule has 21 heavy (non-hydrogen) atoms. The van der Waals surface area contributed by atoms with E-state index in [-0.39, 0.29) is 11.9 Å². The van der Waals surface area contributed by atoms with Crippen molar-refractivity contribution in [2.75, 3.05) is 5.32 Å². The van der Waals surface area contributed by atoms with E-state index >= 15 is 0 Å². The van der Waals surface area contributed by atoms with E-state index in [4.69, 9.17) is 11.6 Å². The molecule has 0 amide bonds. The van der Waals surface area contributed by atoms with Gasteiger partial charge in [-0.25, -0.2) is 4.39 Å². The van der Waals surface area contributed by atoms with Crippen molar-refractivity contribution >= 4 is 17.3 Å². The van der Waals surface area contributed by atoms with Gasteiger partial charge in [-0.05, 0) is 53.8 Å². The molecule has 3 atom stereocenters. The summed E-state index contributed by atoms with van der Waals surface area (Å²) in [4.78, 5) is 0. The number of halogens is 2. The Morgan fingerprint density at radius 3 is 2.90 bits per heavy atom. The number of allylic oxidation sites excluding steroid dienone is 2. The second kappa shape index (κ2) is 4.88. The van der Waals surface area contributed by atoms with E-state index in [1.54, 1.807) is 12.1 Å². The van der Waals surface area contributed by atoms with Gasteiger partial charge < -0.3 is 5.32 Å². The van der Waals surface area contributed by atoms with Gasteiger partial charge in [0, 0.05) is 16.6 Å². The minimum Gasteiger partial charge on any atom is -0.378 e. The van der Waals surface area contributed by atoms with E-state index in [2.05, 4.69) is 17.5 Å². The van der Waals surface area contributed by atoms with Crippen LogP contribution in [-0.4, -0.2) is 0 Å². The minimum absolute atomic E-state index is 0.134. The SMILES string of the molecule is Fc1cccc([C@@H]2Nc3ccc(Cl)cc3[C@@H]3C=CC[C@@H]32)c1. The fraction of sp³-hybridized carbons (Fsp3) is 0.222. The average molecular weight is 300 g/mol. The summed E-state index contributed by atoms with van der Waals surface area (Å²) >= 11 is 6.14. The largest absolute Gasteiger partial charge is 0.378 e. The molecule has 0 saturated heterocycles. The fourth-order valence-electron chi connectivity index (χ4n) is 3.60. The van der Waals surface area contributed by atoms with Crippen molar-refractivity contribution < 1.29 is 4.39 Å². The highest BCUT2D eigenvalue weighted by atomic mass is 35.5. The number of rotatable bonds is 1. The minimum atomic E-state index is -0.182. The van der Waals surface area contributed by atoms with E-state index in [1.165, 1.54) is 11.6 Å². The van der Waals surface area contributed by atoms with Crippen LogP contribution in [0.15, 0.2) is 54.6 Å². The Hall–Kier alpha value is -1.80. The number of hydrogen-bond acceptors (Lipinski definition) is 1. The molecule has 0 aromatic heterocycles. The molecular formula is C18H15ClFN. The van der Waals surface area contributed by atoms with Crippen LogP contribution < -0.4 is 5.32 Å². The van der Waals surface area contributed by atoms with Gasteiger partial charge in [-0.3, -0.25) is 0 Å². The number of nitrogens with one attached hydrogen (secondary N) is 1. The third kappa shape index (κ3) is 2.14. The van der Waals surface area contributed by atoms with E-state index in [1.807, 2.05) is 24.3 Å². The molecule has 0 bridgehead atoms. The molecular weight excluding hydrogens is 285 g/mol. The summed E-state index contributed by atoms with van der Waals surface area (Å²) in [6.07, 6.45) is 5.48. The van der Waals surface area contributed by atoms with Gasteiger partial charge in [0.1, 0.15) is 5.82 Å². The molecule has 1 heterocycles. The van der Waals surface area contributed by atoms with E-state index in [9.17, 15) is 4.39 Å². The number of benzene rings is 2. The van der Waals surface area contributed by atoms with Crippen molar-refractivity contribution in [3.8, 4) is 0 Å². The highest BCUT2D eigenvalue weighted by molar-refractivity contribution is 6.30. The normalized spacial score (nSPS) is 26.1. The molecule has 2 aliphatic rings. The zero-order chi connectivity index (χ0) is 14.4. The third-order valence-corrected chi connectivity index (χ3v) is 4.77. The van der Waals surface area contributed by atoms with Crippen molar-refractivity contribution in [3.63, 3.8) is 0 Å². The van der Waals surface area contributed by atoms with Gasteiger partial charge in [-0.15, -0.1) is 0 Å². The summed E-state index contributed by atoms with van der Waals surface area (Å²) in [7, 11) is 0. The van der Waals surface area contributed by atoms with Gasteiger partial charge in [0.05, 0.1) is 6.04 Å². The topological polar surface area (TPSA) is 12.0 Å².